The summed E-state index contributed by atoms with van der Waals surface area (Å²) in [6, 6.07) is 0. The summed E-state index contributed by atoms with van der Waals surface area (Å²) in [5.41, 5.74) is 4.95. The molecule has 74 valence electrons. The molecule has 0 aromatic heterocycles. The fourth-order valence-electron chi connectivity index (χ4n) is 0.979. The van der Waals surface area contributed by atoms with E-state index in [9.17, 15) is 9.59 Å². The second kappa shape index (κ2) is 3.74. The maximum atomic E-state index is 11.2. The lowest BCUT2D eigenvalue weighted by Crippen LogP contribution is -2.43. The smallest absolute Gasteiger partial charge is 0.303 e. The van der Waals surface area contributed by atoms with Crippen LogP contribution in [-0.4, -0.2) is 29.1 Å². The molecule has 1 rings (SSSR count). The van der Waals surface area contributed by atoms with Crippen LogP contribution in [0.3, 0.4) is 0 Å². The van der Waals surface area contributed by atoms with Crippen molar-refractivity contribution in [3.8, 4) is 0 Å². The zero-order chi connectivity index (χ0) is 9.90. The third-order valence-electron chi connectivity index (χ3n) is 2.09. The van der Waals surface area contributed by atoms with Crippen molar-refractivity contribution in [2.24, 2.45) is 5.73 Å². The first-order chi connectivity index (χ1) is 6.04. The Morgan fingerprint density at radius 1 is 1.46 bits per heavy atom. The minimum atomic E-state index is -0.844. The van der Waals surface area contributed by atoms with Crippen LogP contribution in [0.4, 0.5) is 0 Å². The van der Waals surface area contributed by atoms with Crippen LogP contribution in [0, 0.1) is 0 Å². The number of rotatable bonds is 5. The summed E-state index contributed by atoms with van der Waals surface area (Å²) in [6.45, 7) is 0.393. The number of aliphatic carboxylic acids is 1. The van der Waals surface area contributed by atoms with E-state index in [0.717, 1.165) is 12.8 Å². The van der Waals surface area contributed by atoms with Gasteiger partial charge in [0.25, 0.3) is 0 Å². The van der Waals surface area contributed by atoms with Gasteiger partial charge >= 0.3 is 5.97 Å². The van der Waals surface area contributed by atoms with Gasteiger partial charge in [0.2, 0.25) is 5.91 Å². The molecule has 0 spiro atoms. The second-order valence-corrected chi connectivity index (χ2v) is 3.41. The summed E-state index contributed by atoms with van der Waals surface area (Å²) >= 11 is 0. The number of carbonyl (C=O) groups is 2. The molecular formula is C8H14N2O3. The molecular weight excluding hydrogens is 172 g/mol. The number of hydrogen-bond donors (Lipinski definition) is 3. The number of nitrogens with one attached hydrogen (secondary N) is 1. The Hall–Kier alpha value is -1.10. The molecule has 0 unspecified atom stereocenters. The molecule has 0 bridgehead atoms. The van der Waals surface area contributed by atoms with Crippen LogP contribution in [-0.2, 0) is 9.59 Å². The van der Waals surface area contributed by atoms with Crippen LogP contribution in [0.5, 0.6) is 0 Å². The summed E-state index contributed by atoms with van der Waals surface area (Å²) in [4.78, 5) is 21.3. The largest absolute Gasteiger partial charge is 0.481 e. The Kier molecular flexibility index (Phi) is 2.87. The molecule has 1 saturated carbocycles. The molecule has 0 aromatic rings. The fourth-order valence-corrected chi connectivity index (χ4v) is 0.979. The second-order valence-electron chi connectivity index (χ2n) is 3.41. The summed E-state index contributed by atoms with van der Waals surface area (Å²) in [5.74, 6) is -0.999. The van der Waals surface area contributed by atoms with Crippen molar-refractivity contribution in [2.45, 2.75) is 31.2 Å². The van der Waals surface area contributed by atoms with Crippen molar-refractivity contribution >= 4 is 11.9 Å². The Morgan fingerprint density at radius 2 is 2.08 bits per heavy atom. The molecule has 5 nitrogen and oxygen atoms in total. The molecule has 1 aliphatic rings. The molecule has 1 fully saturated rings. The SMILES string of the molecule is NC1(C(=O)NCCCC(=O)O)CC1. The van der Waals surface area contributed by atoms with E-state index in [1.165, 1.54) is 0 Å². The number of amides is 1. The normalized spacial score (nSPS) is 17.9. The van der Waals surface area contributed by atoms with Crippen molar-refractivity contribution in [3.05, 3.63) is 0 Å². The minimum Gasteiger partial charge on any atom is -0.481 e. The zero-order valence-corrected chi connectivity index (χ0v) is 7.38. The van der Waals surface area contributed by atoms with Crippen molar-refractivity contribution in [1.29, 1.82) is 0 Å². The highest BCUT2D eigenvalue weighted by atomic mass is 16.4. The van der Waals surface area contributed by atoms with Gasteiger partial charge in [-0.15, -0.1) is 0 Å². The number of hydrogen-bond acceptors (Lipinski definition) is 3. The van der Waals surface area contributed by atoms with Gasteiger partial charge in [0, 0.05) is 13.0 Å². The van der Waals surface area contributed by atoms with Gasteiger partial charge in [0.05, 0.1) is 5.54 Å². The standard InChI is InChI=1S/C8H14N2O3/c9-8(3-4-8)7(13)10-5-1-2-6(11)12/h1-5,9H2,(H,10,13)(H,11,12). The van der Waals surface area contributed by atoms with Crippen molar-refractivity contribution < 1.29 is 14.7 Å². The Labute approximate surface area is 76.3 Å². The first-order valence-corrected chi connectivity index (χ1v) is 4.33. The Balaban J connectivity index is 2.06. The summed E-state index contributed by atoms with van der Waals surface area (Å²) in [6.07, 6.45) is 2.00. The first-order valence-electron chi connectivity index (χ1n) is 4.33. The molecule has 0 atom stereocenters. The highest BCUT2D eigenvalue weighted by Crippen LogP contribution is 2.31. The number of carboxylic acids is 1. The van der Waals surface area contributed by atoms with E-state index in [4.69, 9.17) is 10.8 Å². The Bertz CT molecular complexity index is 223. The van der Waals surface area contributed by atoms with Gasteiger partial charge < -0.3 is 16.2 Å². The predicted molar refractivity (Wildman–Crippen MR) is 46.0 cm³/mol. The van der Waals surface area contributed by atoms with E-state index < -0.39 is 11.5 Å². The van der Waals surface area contributed by atoms with Gasteiger partial charge in [-0.2, -0.15) is 0 Å². The number of nitrogens with two attached hydrogens (primary N) is 1. The van der Waals surface area contributed by atoms with Crippen LogP contribution in [0.1, 0.15) is 25.7 Å². The van der Waals surface area contributed by atoms with Crippen molar-refractivity contribution in [2.75, 3.05) is 6.54 Å². The lowest BCUT2D eigenvalue weighted by molar-refractivity contribution is -0.137. The maximum Gasteiger partial charge on any atom is 0.303 e. The molecule has 0 aliphatic heterocycles. The van der Waals surface area contributed by atoms with E-state index in [1.807, 2.05) is 0 Å². The van der Waals surface area contributed by atoms with Crippen LogP contribution in [0.15, 0.2) is 0 Å². The molecule has 0 saturated heterocycles. The van der Waals surface area contributed by atoms with Gasteiger partial charge in [-0.25, -0.2) is 0 Å². The van der Waals surface area contributed by atoms with Gasteiger partial charge in [-0.1, -0.05) is 0 Å². The molecule has 0 radical (unpaired) electrons. The molecule has 4 N–H and O–H groups in total. The third kappa shape index (κ3) is 3.02. The van der Waals surface area contributed by atoms with E-state index in [1.54, 1.807) is 0 Å². The van der Waals surface area contributed by atoms with Gasteiger partial charge in [0.1, 0.15) is 0 Å². The van der Waals surface area contributed by atoms with Crippen LogP contribution in [0.2, 0.25) is 0 Å². The monoisotopic (exact) mass is 186 g/mol. The summed E-state index contributed by atoms with van der Waals surface area (Å²) in [7, 11) is 0. The highest BCUT2D eigenvalue weighted by molar-refractivity contribution is 5.88. The number of carboxylic acid groups (broad SMARTS) is 1. The van der Waals surface area contributed by atoms with Crippen LogP contribution >= 0.6 is 0 Å². The minimum absolute atomic E-state index is 0.0812. The van der Waals surface area contributed by atoms with E-state index in [-0.39, 0.29) is 12.3 Å². The summed E-state index contributed by atoms with van der Waals surface area (Å²) < 4.78 is 0. The quantitative estimate of drug-likeness (QED) is 0.503. The average Bonchev–Trinajstić information content (AvgIpc) is 2.78. The molecule has 5 heteroatoms. The summed E-state index contributed by atoms with van der Waals surface area (Å²) in [5, 5.41) is 10.9. The fraction of sp³-hybridized carbons (Fsp3) is 0.750. The van der Waals surface area contributed by atoms with Gasteiger partial charge in [0.15, 0.2) is 0 Å². The lowest BCUT2D eigenvalue weighted by atomic mass is 10.2. The van der Waals surface area contributed by atoms with E-state index >= 15 is 0 Å². The topological polar surface area (TPSA) is 92.4 Å². The van der Waals surface area contributed by atoms with E-state index in [0.29, 0.717) is 13.0 Å². The lowest BCUT2D eigenvalue weighted by Gasteiger charge is -2.08. The number of carbonyl (C=O) groups excluding carboxylic acids is 1. The molecule has 1 amide bonds. The van der Waals surface area contributed by atoms with Crippen molar-refractivity contribution in [3.63, 3.8) is 0 Å². The maximum absolute atomic E-state index is 11.2. The van der Waals surface area contributed by atoms with E-state index in [2.05, 4.69) is 5.32 Å². The van der Waals surface area contributed by atoms with Crippen molar-refractivity contribution in [1.82, 2.24) is 5.32 Å². The molecule has 13 heavy (non-hydrogen) atoms. The molecule has 0 aromatic carbocycles. The van der Waals surface area contributed by atoms with Gasteiger partial charge in [-0.3, -0.25) is 9.59 Å². The molecule has 1 aliphatic carbocycles. The predicted octanol–water partition coefficient (Wildman–Crippen LogP) is -0.541. The molecule has 0 heterocycles. The first kappa shape index (κ1) is 9.98. The highest BCUT2D eigenvalue weighted by Gasteiger charge is 2.45. The third-order valence-corrected chi connectivity index (χ3v) is 2.09. The van der Waals surface area contributed by atoms with Crippen LogP contribution < -0.4 is 11.1 Å². The zero-order valence-electron chi connectivity index (χ0n) is 7.38. The average molecular weight is 186 g/mol. The Morgan fingerprint density at radius 3 is 2.54 bits per heavy atom. The van der Waals surface area contributed by atoms with Gasteiger partial charge in [-0.05, 0) is 19.3 Å². The van der Waals surface area contributed by atoms with Crippen LogP contribution in [0.25, 0.3) is 0 Å².